The van der Waals surface area contributed by atoms with Crippen LogP contribution in [0, 0.1) is 6.92 Å². The lowest BCUT2D eigenvalue weighted by atomic mass is 10.1. The van der Waals surface area contributed by atoms with Crippen LogP contribution in [0.2, 0.25) is 0 Å². The number of benzene rings is 1. The standard InChI is InChI=1S/C14H16N2O3/c1-9-3-5-11(19-2)7-12(9)16-14(18)10-4-6-13(17)15-8-10/h3,5,7-8H,4,6H2,1-2H3,(H,15,17)(H,16,18). The molecular formula is C14H16N2O3. The lowest BCUT2D eigenvalue weighted by molar-refractivity contribution is -0.120. The van der Waals surface area contributed by atoms with E-state index in [4.69, 9.17) is 4.74 Å². The number of ether oxygens (including phenoxy) is 1. The molecule has 2 rings (SSSR count). The van der Waals surface area contributed by atoms with E-state index in [0.717, 1.165) is 5.56 Å². The molecule has 0 saturated carbocycles. The lowest BCUT2D eigenvalue weighted by Gasteiger charge is -2.15. The van der Waals surface area contributed by atoms with Crippen LogP contribution in [0.5, 0.6) is 5.75 Å². The van der Waals surface area contributed by atoms with Crippen LogP contribution in [-0.4, -0.2) is 18.9 Å². The number of aryl methyl sites for hydroxylation is 1. The van der Waals surface area contributed by atoms with Crippen molar-refractivity contribution in [3.05, 3.63) is 35.5 Å². The van der Waals surface area contributed by atoms with Gasteiger partial charge in [0.1, 0.15) is 5.75 Å². The Kier molecular flexibility index (Phi) is 3.85. The van der Waals surface area contributed by atoms with Crippen LogP contribution in [0.1, 0.15) is 18.4 Å². The summed E-state index contributed by atoms with van der Waals surface area (Å²) in [4.78, 5) is 23.1. The molecule has 5 nitrogen and oxygen atoms in total. The van der Waals surface area contributed by atoms with Crippen molar-refractivity contribution in [1.29, 1.82) is 0 Å². The molecule has 1 aromatic carbocycles. The highest BCUT2D eigenvalue weighted by molar-refractivity contribution is 6.05. The molecule has 0 unspecified atom stereocenters. The fourth-order valence-electron chi connectivity index (χ4n) is 1.80. The molecule has 2 amide bonds. The Morgan fingerprint density at radius 3 is 2.79 bits per heavy atom. The summed E-state index contributed by atoms with van der Waals surface area (Å²) < 4.78 is 5.13. The molecule has 0 aliphatic carbocycles. The minimum Gasteiger partial charge on any atom is -0.497 e. The molecule has 0 bridgehead atoms. The zero-order chi connectivity index (χ0) is 13.8. The highest BCUT2D eigenvalue weighted by atomic mass is 16.5. The van der Waals surface area contributed by atoms with Gasteiger partial charge in [-0.05, 0) is 25.0 Å². The van der Waals surface area contributed by atoms with E-state index >= 15 is 0 Å². The van der Waals surface area contributed by atoms with Crippen molar-refractivity contribution in [3.63, 3.8) is 0 Å². The summed E-state index contributed by atoms with van der Waals surface area (Å²) in [5.74, 6) is 0.428. The number of methoxy groups -OCH3 is 1. The van der Waals surface area contributed by atoms with Crippen molar-refractivity contribution < 1.29 is 14.3 Å². The Morgan fingerprint density at radius 2 is 2.16 bits per heavy atom. The van der Waals surface area contributed by atoms with Gasteiger partial charge >= 0.3 is 0 Å². The van der Waals surface area contributed by atoms with E-state index in [1.54, 1.807) is 13.2 Å². The van der Waals surface area contributed by atoms with E-state index in [1.807, 2.05) is 19.1 Å². The van der Waals surface area contributed by atoms with E-state index in [1.165, 1.54) is 6.20 Å². The van der Waals surface area contributed by atoms with Crippen molar-refractivity contribution in [2.75, 3.05) is 12.4 Å². The molecular weight excluding hydrogens is 244 g/mol. The van der Waals surface area contributed by atoms with Gasteiger partial charge in [0.15, 0.2) is 0 Å². The third-order valence-corrected chi connectivity index (χ3v) is 3.01. The number of hydrogen-bond donors (Lipinski definition) is 2. The quantitative estimate of drug-likeness (QED) is 0.869. The van der Waals surface area contributed by atoms with E-state index in [2.05, 4.69) is 10.6 Å². The Labute approximate surface area is 111 Å². The third-order valence-electron chi connectivity index (χ3n) is 3.01. The zero-order valence-electron chi connectivity index (χ0n) is 10.9. The minimum atomic E-state index is -0.198. The first kappa shape index (κ1) is 13.1. The smallest absolute Gasteiger partial charge is 0.253 e. The number of rotatable bonds is 3. The van der Waals surface area contributed by atoms with Crippen LogP contribution in [0.4, 0.5) is 5.69 Å². The van der Waals surface area contributed by atoms with Crippen molar-refractivity contribution in [3.8, 4) is 5.75 Å². The Hall–Kier alpha value is -2.30. The molecule has 1 aliphatic rings. The van der Waals surface area contributed by atoms with Crippen LogP contribution in [0.15, 0.2) is 30.0 Å². The maximum absolute atomic E-state index is 12.1. The number of nitrogens with one attached hydrogen (secondary N) is 2. The van der Waals surface area contributed by atoms with Gasteiger partial charge in [0.05, 0.1) is 7.11 Å². The third kappa shape index (κ3) is 3.13. The van der Waals surface area contributed by atoms with Gasteiger partial charge in [-0.15, -0.1) is 0 Å². The van der Waals surface area contributed by atoms with Crippen LogP contribution in [0.25, 0.3) is 0 Å². The first-order chi connectivity index (χ1) is 9.10. The zero-order valence-corrected chi connectivity index (χ0v) is 10.9. The molecule has 100 valence electrons. The highest BCUT2D eigenvalue weighted by Crippen LogP contribution is 2.22. The maximum atomic E-state index is 12.1. The number of hydrogen-bond acceptors (Lipinski definition) is 3. The van der Waals surface area contributed by atoms with Crippen LogP contribution in [-0.2, 0) is 9.59 Å². The molecule has 1 aromatic rings. The first-order valence-corrected chi connectivity index (χ1v) is 6.04. The van der Waals surface area contributed by atoms with E-state index < -0.39 is 0 Å². The van der Waals surface area contributed by atoms with Crippen molar-refractivity contribution in [1.82, 2.24) is 5.32 Å². The van der Waals surface area contributed by atoms with E-state index in [9.17, 15) is 9.59 Å². The second-order valence-electron chi connectivity index (χ2n) is 4.37. The molecule has 0 spiro atoms. The van der Waals surface area contributed by atoms with Gasteiger partial charge in [0.25, 0.3) is 5.91 Å². The van der Waals surface area contributed by atoms with Gasteiger partial charge in [-0.25, -0.2) is 0 Å². The molecule has 2 N–H and O–H groups in total. The number of carbonyl (C=O) groups is 2. The molecule has 5 heteroatoms. The normalized spacial score (nSPS) is 14.4. The van der Waals surface area contributed by atoms with Crippen molar-refractivity contribution in [2.45, 2.75) is 19.8 Å². The van der Waals surface area contributed by atoms with Gasteiger partial charge in [0, 0.05) is 29.9 Å². The summed E-state index contributed by atoms with van der Waals surface area (Å²) in [7, 11) is 1.58. The fourth-order valence-corrected chi connectivity index (χ4v) is 1.80. The van der Waals surface area contributed by atoms with Crippen molar-refractivity contribution >= 4 is 17.5 Å². The van der Waals surface area contributed by atoms with Gasteiger partial charge in [0.2, 0.25) is 5.91 Å². The summed E-state index contributed by atoms with van der Waals surface area (Å²) in [6.07, 6.45) is 2.27. The summed E-state index contributed by atoms with van der Waals surface area (Å²) >= 11 is 0. The summed E-state index contributed by atoms with van der Waals surface area (Å²) in [6, 6.07) is 5.49. The highest BCUT2D eigenvalue weighted by Gasteiger charge is 2.16. The Morgan fingerprint density at radius 1 is 1.37 bits per heavy atom. The first-order valence-electron chi connectivity index (χ1n) is 6.04. The van der Waals surface area contributed by atoms with Crippen LogP contribution < -0.4 is 15.4 Å². The largest absolute Gasteiger partial charge is 0.497 e. The molecule has 0 radical (unpaired) electrons. The molecule has 0 saturated heterocycles. The summed E-state index contributed by atoms with van der Waals surface area (Å²) in [5, 5.41) is 5.38. The van der Waals surface area contributed by atoms with Gasteiger partial charge in [-0.1, -0.05) is 6.07 Å². The number of amides is 2. The van der Waals surface area contributed by atoms with Gasteiger partial charge in [-0.3, -0.25) is 9.59 Å². The topological polar surface area (TPSA) is 67.4 Å². The van der Waals surface area contributed by atoms with E-state index in [-0.39, 0.29) is 11.8 Å². The summed E-state index contributed by atoms with van der Waals surface area (Å²) in [6.45, 7) is 1.91. The SMILES string of the molecule is COc1ccc(C)c(NC(=O)C2=CNC(=O)CC2)c1. The second kappa shape index (κ2) is 5.56. The Bertz CT molecular complexity index is 550. The number of anilines is 1. The molecule has 1 heterocycles. The Balaban J connectivity index is 2.12. The molecule has 0 fully saturated rings. The average molecular weight is 260 g/mol. The van der Waals surface area contributed by atoms with Crippen LogP contribution >= 0.6 is 0 Å². The van der Waals surface area contributed by atoms with Crippen LogP contribution in [0.3, 0.4) is 0 Å². The van der Waals surface area contributed by atoms with E-state index in [0.29, 0.717) is 29.9 Å². The van der Waals surface area contributed by atoms with Crippen molar-refractivity contribution in [2.24, 2.45) is 0 Å². The van der Waals surface area contributed by atoms with Gasteiger partial charge < -0.3 is 15.4 Å². The average Bonchev–Trinajstić information content (AvgIpc) is 2.42. The predicted octanol–water partition coefficient (Wildman–Crippen LogP) is 1.74. The number of carbonyl (C=O) groups excluding carboxylic acids is 2. The minimum absolute atomic E-state index is 0.0610. The second-order valence-corrected chi connectivity index (χ2v) is 4.37. The summed E-state index contributed by atoms with van der Waals surface area (Å²) in [5.41, 5.74) is 2.23. The van der Waals surface area contributed by atoms with Gasteiger partial charge in [-0.2, -0.15) is 0 Å². The molecule has 0 aromatic heterocycles. The predicted molar refractivity (Wildman–Crippen MR) is 71.8 cm³/mol. The fraction of sp³-hybridized carbons (Fsp3) is 0.286. The molecule has 19 heavy (non-hydrogen) atoms. The molecule has 1 aliphatic heterocycles. The molecule has 0 atom stereocenters. The maximum Gasteiger partial charge on any atom is 0.253 e. The monoisotopic (exact) mass is 260 g/mol. The lowest BCUT2D eigenvalue weighted by Crippen LogP contribution is -2.26.